The van der Waals surface area contributed by atoms with Crippen molar-refractivity contribution >= 4 is 21.6 Å². The number of para-hydroxylation sites is 1. The van der Waals surface area contributed by atoms with Crippen LogP contribution in [0.1, 0.15) is 29.5 Å². The number of nitrogens with zero attached hydrogens (tertiary/aromatic N) is 2. The predicted octanol–water partition coefficient (Wildman–Crippen LogP) is 3.16. The maximum Gasteiger partial charge on any atom is 0.243 e. The molecule has 2 aromatic rings. The third kappa shape index (κ3) is 5.23. The van der Waals surface area contributed by atoms with Crippen LogP contribution in [0.25, 0.3) is 0 Å². The van der Waals surface area contributed by atoms with Crippen molar-refractivity contribution in [2.45, 2.75) is 38.1 Å². The number of nitrogens with one attached hydrogen (secondary N) is 1. The summed E-state index contributed by atoms with van der Waals surface area (Å²) in [5, 5.41) is 2.89. The van der Waals surface area contributed by atoms with Gasteiger partial charge in [0.1, 0.15) is 0 Å². The zero-order valence-corrected chi connectivity index (χ0v) is 18.1. The number of anilines is 1. The quantitative estimate of drug-likeness (QED) is 0.754. The lowest BCUT2D eigenvalue weighted by atomic mass is 10.1. The first kappa shape index (κ1) is 21.5. The maximum absolute atomic E-state index is 12.8. The minimum absolute atomic E-state index is 0.199. The molecule has 0 spiro atoms. The molecule has 1 amide bonds. The second-order valence-corrected chi connectivity index (χ2v) is 9.74. The Kier molecular flexibility index (Phi) is 6.72. The summed E-state index contributed by atoms with van der Waals surface area (Å²) < 4.78 is 26.7. The number of rotatable bonds is 7. The summed E-state index contributed by atoms with van der Waals surface area (Å²) in [4.78, 5) is 15.1. The Balaban J connectivity index is 1.68. The molecule has 1 fully saturated rings. The normalized spacial score (nSPS) is 15.0. The van der Waals surface area contributed by atoms with Gasteiger partial charge in [-0.2, -0.15) is 4.31 Å². The van der Waals surface area contributed by atoms with Crippen LogP contribution in [0.5, 0.6) is 0 Å². The molecular formula is C22H29N3O3S. The van der Waals surface area contributed by atoms with Crippen LogP contribution in [-0.2, 0) is 21.4 Å². The summed E-state index contributed by atoms with van der Waals surface area (Å²) in [5.41, 5.74) is 3.71. The van der Waals surface area contributed by atoms with E-state index in [0.717, 1.165) is 46.3 Å². The van der Waals surface area contributed by atoms with Crippen molar-refractivity contribution in [1.29, 1.82) is 0 Å². The number of hydrogen-bond acceptors (Lipinski definition) is 4. The third-order valence-electron chi connectivity index (χ3n) is 5.44. The average molecular weight is 416 g/mol. The molecular weight excluding hydrogens is 386 g/mol. The Morgan fingerprint density at radius 3 is 2.45 bits per heavy atom. The number of sulfonamides is 1. The number of carbonyl (C=O) groups excluding carboxylic acids is 1. The number of benzene rings is 2. The van der Waals surface area contributed by atoms with E-state index in [1.165, 1.54) is 19.9 Å². The SMILES string of the molecule is Cc1ccc(S(=O)(=O)N(C)CC(=O)Nc2ccccc2CN2CCCC2)cc1C. The number of aryl methyl sites for hydroxylation is 2. The fourth-order valence-corrected chi connectivity index (χ4v) is 4.71. The standard InChI is InChI=1S/C22H29N3O3S/c1-17-10-11-20(14-18(17)2)29(27,28)24(3)16-22(26)23-21-9-5-4-8-19(21)15-25-12-6-7-13-25/h4-5,8-11,14H,6-7,12-13,15-16H2,1-3H3,(H,23,26). The molecule has 2 aromatic carbocycles. The molecule has 0 bridgehead atoms. The molecule has 6 nitrogen and oxygen atoms in total. The van der Waals surface area contributed by atoms with E-state index in [9.17, 15) is 13.2 Å². The smallest absolute Gasteiger partial charge is 0.243 e. The highest BCUT2D eigenvalue weighted by molar-refractivity contribution is 7.89. The van der Waals surface area contributed by atoms with Crippen LogP contribution in [0.2, 0.25) is 0 Å². The third-order valence-corrected chi connectivity index (χ3v) is 7.24. The highest BCUT2D eigenvalue weighted by Crippen LogP contribution is 2.21. The van der Waals surface area contributed by atoms with Gasteiger partial charge in [-0.05, 0) is 74.7 Å². The largest absolute Gasteiger partial charge is 0.325 e. The van der Waals surface area contributed by atoms with Gasteiger partial charge in [0.2, 0.25) is 15.9 Å². The molecule has 0 unspecified atom stereocenters. The lowest BCUT2D eigenvalue weighted by Crippen LogP contribution is -2.35. The summed E-state index contributed by atoms with van der Waals surface area (Å²) in [5.74, 6) is -0.353. The van der Waals surface area contributed by atoms with Crippen molar-refractivity contribution in [3.8, 4) is 0 Å². The van der Waals surface area contributed by atoms with Gasteiger partial charge >= 0.3 is 0 Å². The highest BCUT2D eigenvalue weighted by atomic mass is 32.2. The van der Waals surface area contributed by atoms with E-state index in [2.05, 4.69) is 10.2 Å². The summed E-state index contributed by atoms with van der Waals surface area (Å²) in [6.07, 6.45) is 2.41. The first-order valence-electron chi connectivity index (χ1n) is 9.91. The number of amides is 1. The number of carbonyl (C=O) groups is 1. The molecule has 29 heavy (non-hydrogen) atoms. The molecule has 0 aromatic heterocycles. The Bertz CT molecular complexity index is 983. The lowest BCUT2D eigenvalue weighted by Gasteiger charge is -2.20. The minimum atomic E-state index is -3.73. The van der Waals surface area contributed by atoms with Gasteiger partial charge in [0.05, 0.1) is 11.4 Å². The van der Waals surface area contributed by atoms with E-state index in [-0.39, 0.29) is 17.3 Å². The Morgan fingerprint density at radius 2 is 1.76 bits per heavy atom. The van der Waals surface area contributed by atoms with Gasteiger partial charge < -0.3 is 5.32 Å². The zero-order valence-electron chi connectivity index (χ0n) is 17.3. The van der Waals surface area contributed by atoms with E-state index >= 15 is 0 Å². The first-order valence-corrected chi connectivity index (χ1v) is 11.3. The van der Waals surface area contributed by atoms with Gasteiger partial charge in [-0.1, -0.05) is 24.3 Å². The Hall–Kier alpha value is -2.22. The van der Waals surface area contributed by atoms with E-state index in [0.29, 0.717) is 0 Å². The zero-order chi connectivity index (χ0) is 21.0. The van der Waals surface area contributed by atoms with Crippen LogP contribution in [0.4, 0.5) is 5.69 Å². The van der Waals surface area contributed by atoms with E-state index in [4.69, 9.17) is 0 Å². The minimum Gasteiger partial charge on any atom is -0.325 e. The molecule has 0 aliphatic carbocycles. The molecule has 0 radical (unpaired) electrons. The molecule has 0 saturated carbocycles. The van der Waals surface area contributed by atoms with Crippen molar-refractivity contribution in [1.82, 2.24) is 9.21 Å². The number of likely N-dealkylation sites (N-methyl/N-ethyl adjacent to an activating group) is 1. The molecule has 3 rings (SSSR count). The Morgan fingerprint density at radius 1 is 1.07 bits per heavy atom. The molecule has 1 aliphatic heterocycles. The van der Waals surface area contributed by atoms with Gasteiger partial charge in [0, 0.05) is 19.3 Å². The predicted molar refractivity (Wildman–Crippen MR) is 115 cm³/mol. The second-order valence-electron chi connectivity index (χ2n) is 7.70. The van der Waals surface area contributed by atoms with Crippen LogP contribution >= 0.6 is 0 Å². The maximum atomic E-state index is 12.8. The van der Waals surface area contributed by atoms with E-state index in [1.807, 2.05) is 38.1 Å². The van der Waals surface area contributed by atoms with Crippen molar-refractivity contribution in [3.63, 3.8) is 0 Å². The fraction of sp³-hybridized carbons (Fsp3) is 0.409. The van der Waals surface area contributed by atoms with Crippen molar-refractivity contribution < 1.29 is 13.2 Å². The summed E-state index contributed by atoms with van der Waals surface area (Å²) in [6.45, 7) is 6.49. The fourth-order valence-electron chi connectivity index (χ4n) is 3.49. The van der Waals surface area contributed by atoms with Gasteiger partial charge in [-0.25, -0.2) is 8.42 Å². The number of likely N-dealkylation sites (tertiary alicyclic amines) is 1. The first-order chi connectivity index (χ1) is 13.8. The molecule has 0 atom stereocenters. The van der Waals surface area contributed by atoms with Crippen molar-refractivity contribution in [2.75, 3.05) is 32.0 Å². The van der Waals surface area contributed by atoms with E-state index < -0.39 is 10.0 Å². The van der Waals surface area contributed by atoms with Gasteiger partial charge in [0.15, 0.2) is 0 Å². The lowest BCUT2D eigenvalue weighted by molar-refractivity contribution is -0.116. The topological polar surface area (TPSA) is 69.7 Å². The molecule has 1 saturated heterocycles. The molecule has 1 heterocycles. The van der Waals surface area contributed by atoms with Crippen LogP contribution in [-0.4, -0.2) is 50.2 Å². The van der Waals surface area contributed by atoms with Gasteiger partial charge in [-0.3, -0.25) is 9.69 Å². The monoisotopic (exact) mass is 415 g/mol. The number of hydrogen-bond donors (Lipinski definition) is 1. The average Bonchev–Trinajstić information content (AvgIpc) is 3.18. The summed E-state index contributed by atoms with van der Waals surface area (Å²) >= 11 is 0. The van der Waals surface area contributed by atoms with Crippen LogP contribution in [0, 0.1) is 13.8 Å². The van der Waals surface area contributed by atoms with Crippen LogP contribution in [0.15, 0.2) is 47.4 Å². The summed E-state index contributed by atoms with van der Waals surface area (Å²) in [7, 11) is -2.30. The van der Waals surface area contributed by atoms with Crippen LogP contribution < -0.4 is 5.32 Å². The molecule has 1 aliphatic rings. The molecule has 7 heteroatoms. The second kappa shape index (κ2) is 9.07. The van der Waals surface area contributed by atoms with E-state index in [1.54, 1.807) is 18.2 Å². The highest BCUT2D eigenvalue weighted by Gasteiger charge is 2.24. The van der Waals surface area contributed by atoms with Crippen molar-refractivity contribution in [2.24, 2.45) is 0 Å². The van der Waals surface area contributed by atoms with Crippen LogP contribution in [0.3, 0.4) is 0 Å². The van der Waals surface area contributed by atoms with Gasteiger partial charge in [0.25, 0.3) is 0 Å². The van der Waals surface area contributed by atoms with Gasteiger partial charge in [-0.15, -0.1) is 0 Å². The Labute approximate surface area is 173 Å². The molecule has 156 valence electrons. The summed E-state index contributed by atoms with van der Waals surface area (Å²) in [6, 6.07) is 12.7. The molecule has 1 N–H and O–H groups in total. The van der Waals surface area contributed by atoms with Crippen molar-refractivity contribution in [3.05, 3.63) is 59.2 Å².